The van der Waals surface area contributed by atoms with E-state index in [2.05, 4.69) is 50.1 Å². The van der Waals surface area contributed by atoms with Crippen molar-refractivity contribution in [1.82, 2.24) is 9.80 Å². The average Bonchev–Trinajstić information content (AvgIpc) is 3.69. The van der Waals surface area contributed by atoms with Crippen LogP contribution in [0.4, 0.5) is 4.70 Å². The van der Waals surface area contributed by atoms with Gasteiger partial charge in [0.1, 0.15) is 13.2 Å². The third kappa shape index (κ3) is 5.61. The lowest BCUT2D eigenvalue weighted by Gasteiger charge is -2.60. The van der Waals surface area contributed by atoms with Gasteiger partial charge in [0.15, 0.2) is 0 Å². The largest absolute Gasteiger partial charge is 0.870 e. The van der Waals surface area contributed by atoms with Gasteiger partial charge in [-0.05, 0) is 124 Å². The summed E-state index contributed by atoms with van der Waals surface area (Å²) in [4.78, 5) is 14.9. The van der Waals surface area contributed by atoms with Crippen molar-refractivity contribution in [1.29, 1.82) is 0 Å². The molecule has 1 saturated heterocycles. The standard InChI is InChI=1S/C18H28N2O.C17H26N2O.FH.H2O/c1-12(2)16-10-21-17-9-19(11-20(16)17)18-6-13-3-14(7-18)5-15(4-13)8-18;1-11(2)15-10-20-16(19-15)9-18-17-6-12-3-13(7-17)5-14(4-12)8-17;;/h9,12-16H,3-8,10-11H2,1-2H3;9,11-15H,3-8,10H2,1-2H3;1H;1H2/p-1/t13?,14?,15?,16-,18?;12?,13?,14?,15-,17?;;/m11../s1/i/hT. The van der Waals surface area contributed by atoms with Crippen molar-refractivity contribution in [2.45, 2.75) is 128 Å². The Bertz CT molecular complexity index is 1050. The van der Waals surface area contributed by atoms with Crippen LogP contribution in [-0.4, -0.2) is 70.4 Å². The smallest absolute Gasteiger partial charge is 0.227 e. The molecule has 11 rings (SSSR count). The zero-order valence-electron chi connectivity index (χ0n) is 28.0. The van der Waals surface area contributed by atoms with Crippen LogP contribution in [0.5, 0.6) is 0 Å². The van der Waals surface area contributed by atoms with Crippen LogP contribution in [0.15, 0.2) is 22.1 Å². The molecule has 8 heteroatoms. The minimum absolute atomic E-state index is 0. The molecule has 3 aliphatic heterocycles. The van der Waals surface area contributed by atoms with E-state index in [1.165, 1.54) is 77.0 Å². The molecule has 2 atom stereocenters. The zero-order valence-corrected chi connectivity index (χ0v) is 27.0. The summed E-state index contributed by atoms with van der Waals surface area (Å²) in [6.07, 6.45) is 21.6. The summed E-state index contributed by atoms with van der Waals surface area (Å²) in [5, 5.41) is 0. The van der Waals surface area contributed by atoms with E-state index in [4.69, 9.17) is 19.9 Å². The van der Waals surface area contributed by atoms with Crippen molar-refractivity contribution in [3.63, 3.8) is 0 Å². The predicted molar refractivity (Wildman–Crippen MR) is 168 cm³/mol. The molecular weight excluding hydrogens is 543 g/mol. The second-order valence-corrected chi connectivity index (χ2v) is 16.8. The van der Waals surface area contributed by atoms with E-state index in [0.717, 1.165) is 67.2 Å². The molecule has 242 valence electrons. The first-order chi connectivity index (χ1) is 20.7. The first kappa shape index (κ1) is 29.9. The first-order valence-corrected chi connectivity index (χ1v) is 17.4. The molecule has 8 bridgehead atoms. The van der Waals surface area contributed by atoms with Crippen molar-refractivity contribution >= 4 is 12.1 Å². The van der Waals surface area contributed by atoms with Gasteiger partial charge in [-0.3, -0.25) is 9.70 Å². The Hall–Kier alpha value is -1.83. The van der Waals surface area contributed by atoms with Crippen molar-refractivity contribution in [2.24, 2.45) is 57.3 Å². The van der Waals surface area contributed by atoms with Gasteiger partial charge in [0, 0.05) is 5.54 Å². The Morgan fingerprint density at radius 2 is 1.37 bits per heavy atom. The number of halogens is 1. The second-order valence-electron chi connectivity index (χ2n) is 16.8. The van der Waals surface area contributed by atoms with Gasteiger partial charge in [-0.2, -0.15) is 0 Å². The van der Waals surface area contributed by atoms with Crippen molar-refractivity contribution < 1.29 is 21.1 Å². The van der Waals surface area contributed by atoms with E-state index in [0.29, 0.717) is 29.5 Å². The van der Waals surface area contributed by atoms with Crippen LogP contribution < -0.4 is 0 Å². The summed E-state index contributed by atoms with van der Waals surface area (Å²) >= 11 is 0. The molecule has 9 fully saturated rings. The number of aliphatic imine (C=N–C) groups is 2. The maximum Gasteiger partial charge on any atom is 0.227 e. The molecule has 8 aliphatic carbocycles. The quantitative estimate of drug-likeness (QED) is 0.323. The Morgan fingerprint density at radius 3 is 1.86 bits per heavy atom. The molecule has 3 heterocycles. The number of fused-ring (bicyclic) bond motifs is 1. The Kier molecular flexibility index (Phi) is 7.99. The van der Waals surface area contributed by atoms with Crippen LogP contribution in [-0.2, 0) is 9.47 Å². The molecule has 0 aromatic carbocycles. The van der Waals surface area contributed by atoms with Gasteiger partial charge < -0.3 is 24.8 Å². The van der Waals surface area contributed by atoms with Crippen LogP contribution in [0.3, 0.4) is 0 Å². The van der Waals surface area contributed by atoms with Gasteiger partial charge in [0.2, 0.25) is 11.8 Å². The van der Waals surface area contributed by atoms with Crippen LogP contribution in [0.1, 0.15) is 106 Å². The van der Waals surface area contributed by atoms with Gasteiger partial charge in [-0.25, -0.2) is 4.99 Å². The number of nitrogens with zero attached hydrogens (tertiary/aromatic N) is 4. The minimum Gasteiger partial charge on any atom is -0.870 e. The fourth-order valence-electron chi connectivity index (χ4n) is 11.6. The zero-order chi connectivity index (χ0) is 29.9. The molecule has 0 radical (unpaired) electrons. The van der Waals surface area contributed by atoms with E-state index in [1.807, 2.05) is 6.21 Å². The Balaban J connectivity index is 0.000000145. The maximum absolute atomic E-state index is 7.50. The van der Waals surface area contributed by atoms with E-state index in [-0.39, 0.29) is 10.2 Å². The van der Waals surface area contributed by atoms with Crippen molar-refractivity contribution in [2.75, 3.05) is 19.9 Å². The summed E-state index contributed by atoms with van der Waals surface area (Å²) < 4.78 is 16.2. The maximum atomic E-state index is 7.50. The van der Waals surface area contributed by atoms with Crippen LogP contribution >= 0.6 is 0 Å². The minimum atomic E-state index is 0. The van der Waals surface area contributed by atoms with Crippen LogP contribution in [0.25, 0.3) is 0 Å². The van der Waals surface area contributed by atoms with Gasteiger partial charge in [0.25, 0.3) is 0 Å². The molecule has 0 spiro atoms. The Morgan fingerprint density at radius 1 is 0.837 bits per heavy atom. The topological polar surface area (TPSA) is 79.7 Å². The average molecular weight is 602 g/mol. The third-order valence-electron chi connectivity index (χ3n) is 13.0. The van der Waals surface area contributed by atoms with Crippen LogP contribution in [0.2, 0.25) is 0 Å². The van der Waals surface area contributed by atoms with E-state index in [1.54, 1.807) is 0 Å². The summed E-state index contributed by atoms with van der Waals surface area (Å²) in [5.41, 5.74) is 8.23. The SMILES string of the molecule is CC(C)[C@H]1COC(C=NC23CC4CC(CC(C4)C2)C3)=N1.CC(C)[C@H]1COC2=CN(C34CC5CC(CC(C5)C3)C4)CN21.F.[3H][O-]. The molecular formula is C35H56FN4O3-. The molecule has 0 aromatic rings. The number of hydrogen-bond acceptors (Lipinski definition) is 7. The summed E-state index contributed by atoms with van der Waals surface area (Å²) in [7, 11) is 0. The second kappa shape index (κ2) is 11.5. The fourth-order valence-corrected chi connectivity index (χ4v) is 11.6. The lowest BCUT2D eigenvalue weighted by Crippen LogP contribution is -2.59. The molecule has 0 aromatic heterocycles. The fraction of sp³-hybridized carbons (Fsp3) is 0.886. The molecule has 43 heavy (non-hydrogen) atoms. The third-order valence-corrected chi connectivity index (χ3v) is 13.0. The highest BCUT2D eigenvalue weighted by Gasteiger charge is 2.55. The van der Waals surface area contributed by atoms with Gasteiger partial charge in [-0.1, -0.05) is 27.7 Å². The van der Waals surface area contributed by atoms with Crippen LogP contribution in [0, 0.1) is 47.3 Å². The number of rotatable bonds is 5. The van der Waals surface area contributed by atoms with E-state index in [9.17, 15) is 0 Å². The predicted octanol–water partition coefficient (Wildman–Crippen LogP) is 6.84. The number of ether oxygens (including phenoxy) is 2. The van der Waals surface area contributed by atoms with E-state index >= 15 is 0 Å². The summed E-state index contributed by atoms with van der Waals surface area (Å²) in [5.74, 6) is 9.08. The Labute approximate surface area is 260 Å². The van der Waals surface area contributed by atoms with E-state index < -0.39 is 0 Å². The lowest BCUT2D eigenvalue weighted by molar-refractivity contribution is -0.0770. The van der Waals surface area contributed by atoms with Gasteiger partial charge >= 0.3 is 0 Å². The lowest BCUT2D eigenvalue weighted by atomic mass is 9.52. The normalized spacial score (nSPS) is 44.7. The summed E-state index contributed by atoms with van der Waals surface area (Å²) in [6.45, 7) is 11.8. The summed E-state index contributed by atoms with van der Waals surface area (Å²) in [6, 6.07) is 0.906. The highest BCUT2D eigenvalue weighted by Crippen LogP contribution is 2.59. The molecule has 0 amide bonds. The molecule has 7 nitrogen and oxygen atoms in total. The van der Waals surface area contributed by atoms with Crippen molar-refractivity contribution in [3.05, 3.63) is 12.1 Å². The number of hydrogen-bond donors (Lipinski definition) is 0. The molecule has 1 N–H and O–H groups in total. The highest BCUT2D eigenvalue weighted by atomic mass is 19.0. The highest BCUT2D eigenvalue weighted by molar-refractivity contribution is 6.27. The molecule has 11 aliphatic rings. The van der Waals surface area contributed by atoms with Gasteiger partial charge in [-0.15, -0.1) is 1.43 Å². The first-order valence-electron chi connectivity index (χ1n) is 17.8. The van der Waals surface area contributed by atoms with Crippen molar-refractivity contribution in [3.8, 4) is 0 Å². The molecule has 8 saturated carbocycles. The monoisotopic (exact) mass is 601 g/mol. The van der Waals surface area contributed by atoms with Gasteiger partial charge in [0.05, 0.1) is 36.7 Å². The molecule has 0 unspecified atom stereocenters.